The van der Waals surface area contributed by atoms with Crippen LogP contribution in [-0.4, -0.2) is 43.9 Å². The number of methoxy groups -OCH3 is 2. The fourth-order valence-electron chi connectivity index (χ4n) is 2.19. The number of hydrogen-bond acceptors (Lipinski definition) is 4. The monoisotopic (exact) mass is 305 g/mol. The van der Waals surface area contributed by atoms with Gasteiger partial charge in [-0.1, -0.05) is 40.9 Å². The van der Waals surface area contributed by atoms with E-state index in [1.165, 1.54) is 13.2 Å². The van der Waals surface area contributed by atoms with Crippen molar-refractivity contribution in [2.45, 2.75) is 6.04 Å². The lowest BCUT2D eigenvalue weighted by Gasteiger charge is -2.21. The van der Waals surface area contributed by atoms with Gasteiger partial charge in [-0.05, 0) is 16.8 Å². The molecule has 0 spiro atoms. The zero-order valence-electron chi connectivity index (χ0n) is 12.3. The molecule has 0 aromatic heterocycles. The molecule has 1 atom stereocenters. The first kappa shape index (κ1) is 15.9. The molecule has 0 heterocycles. The highest BCUT2D eigenvalue weighted by Crippen LogP contribution is 2.21. The van der Waals surface area contributed by atoms with Crippen molar-refractivity contribution in [1.82, 2.24) is 5.12 Å². The first-order valence-electron chi connectivity index (χ1n) is 6.64. The van der Waals surface area contributed by atoms with Crippen molar-refractivity contribution in [3.05, 3.63) is 48.0 Å². The van der Waals surface area contributed by atoms with Crippen LogP contribution in [-0.2, 0) is 14.3 Å². The fourth-order valence-corrected chi connectivity index (χ4v) is 2.19. The Balaban J connectivity index is 2.38. The molecule has 116 valence electrons. The van der Waals surface area contributed by atoms with E-state index in [1.807, 2.05) is 18.2 Å². The highest BCUT2D eigenvalue weighted by atomic mass is 19.2. The lowest BCUT2D eigenvalue weighted by Crippen LogP contribution is -2.43. The molecule has 0 aliphatic heterocycles. The van der Waals surface area contributed by atoms with Gasteiger partial charge in [0.2, 0.25) is 0 Å². The van der Waals surface area contributed by atoms with Gasteiger partial charge in [0.1, 0.15) is 0 Å². The maximum Gasteiger partial charge on any atom is 0.333 e. The molecule has 1 unspecified atom stereocenters. The Labute approximate surface area is 127 Å². The van der Waals surface area contributed by atoms with Crippen LogP contribution in [0.3, 0.4) is 0 Å². The number of fused-ring (bicyclic) bond motifs is 1. The maximum absolute atomic E-state index is 14.4. The molecular weight excluding hydrogens is 289 g/mol. The standard InChI is InChI=1S/C16H16FNO4/c1-21-10-14(16(20)22-2)18(17)15(19)13-9-5-7-11-6-3-4-8-12(11)13/h3-9,14H,10H2,1-2H3. The predicted molar refractivity (Wildman–Crippen MR) is 78.9 cm³/mol. The van der Waals surface area contributed by atoms with Crippen molar-refractivity contribution in [2.24, 2.45) is 0 Å². The summed E-state index contributed by atoms with van der Waals surface area (Å²) in [7, 11) is 2.44. The van der Waals surface area contributed by atoms with Gasteiger partial charge in [0, 0.05) is 12.7 Å². The Morgan fingerprint density at radius 2 is 1.82 bits per heavy atom. The molecule has 0 aliphatic rings. The highest BCUT2D eigenvalue weighted by Gasteiger charge is 2.32. The Bertz CT molecular complexity index is 683. The van der Waals surface area contributed by atoms with Gasteiger partial charge in [-0.15, -0.1) is 0 Å². The molecule has 0 fully saturated rings. The summed E-state index contributed by atoms with van der Waals surface area (Å²) in [4.78, 5) is 24.0. The molecule has 22 heavy (non-hydrogen) atoms. The Morgan fingerprint density at radius 1 is 1.14 bits per heavy atom. The molecule has 0 saturated heterocycles. The molecule has 0 aliphatic carbocycles. The van der Waals surface area contributed by atoms with Crippen molar-refractivity contribution >= 4 is 22.6 Å². The fraction of sp³-hybridized carbons (Fsp3) is 0.250. The van der Waals surface area contributed by atoms with Gasteiger partial charge in [-0.2, -0.15) is 5.12 Å². The van der Waals surface area contributed by atoms with Crippen LogP contribution in [0.1, 0.15) is 10.4 Å². The van der Waals surface area contributed by atoms with Crippen LogP contribution in [0.25, 0.3) is 10.8 Å². The minimum absolute atomic E-state index is 0.142. The summed E-state index contributed by atoms with van der Waals surface area (Å²) in [6, 6.07) is 10.7. The van der Waals surface area contributed by atoms with E-state index in [4.69, 9.17) is 4.74 Å². The van der Waals surface area contributed by atoms with Gasteiger partial charge < -0.3 is 9.47 Å². The number of nitrogens with zero attached hydrogens (tertiary/aromatic N) is 1. The summed E-state index contributed by atoms with van der Waals surface area (Å²) < 4.78 is 23.7. The third-order valence-corrected chi connectivity index (χ3v) is 3.29. The van der Waals surface area contributed by atoms with Crippen molar-refractivity contribution in [2.75, 3.05) is 20.8 Å². The normalized spacial score (nSPS) is 12.0. The second kappa shape index (κ2) is 7.00. The number of amides is 1. The Hall–Kier alpha value is -2.47. The molecule has 6 heteroatoms. The van der Waals surface area contributed by atoms with Crippen LogP contribution in [0.2, 0.25) is 0 Å². The van der Waals surface area contributed by atoms with Crippen molar-refractivity contribution < 1.29 is 23.5 Å². The molecule has 0 bridgehead atoms. The van der Waals surface area contributed by atoms with Crippen LogP contribution < -0.4 is 0 Å². The molecule has 0 radical (unpaired) electrons. The molecule has 0 saturated carbocycles. The molecule has 5 nitrogen and oxygen atoms in total. The molecule has 1 amide bonds. The average Bonchev–Trinajstić information content (AvgIpc) is 2.57. The van der Waals surface area contributed by atoms with Crippen LogP contribution in [0, 0.1) is 0 Å². The summed E-state index contributed by atoms with van der Waals surface area (Å²) in [5, 5.41) is 1.28. The van der Waals surface area contributed by atoms with Gasteiger partial charge in [0.15, 0.2) is 6.04 Å². The van der Waals surface area contributed by atoms with E-state index in [-0.39, 0.29) is 17.3 Å². The van der Waals surface area contributed by atoms with E-state index in [0.29, 0.717) is 5.39 Å². The third-order valence-electron chi connectivity index (χ3n) is 3.29. The van der Waals surface area contributed by atoms with Crippen LogP contribution in [0.4, 0.5) is 4.48 Å². The van der Waals surface area contributed by atoms with Crippen LogP contribution >= 0.6 is 0 Å². The summed E-state index contributed by atoms with van der Waals surface area (Å²) >= 11 is 0. The molecule has 0 N–H and O–H groups in total. The minimum atomic E-state index is -1.44. The van der Waals surface area contributed by atoms with Gasteiger partial charge in [0.05, 0.1) is 13.7 Å². The first-order valence-corrected chi connectivity index (χ1v) is 6.64. The smallest absolute Gasteiger partial charge is 0.333 e. The van der Waals surface area contributed by atoms with E-state index >= 15 is 0 Å². The number of carbonyl (C=O) groups excluding carboxylic acids is 2. The number of hydrogen-bond donors (Lipinski definition) is 0. The third kappa shape index (κ3) is 3.07. The van der Waals surface area contributed by atoms with E-state index in [2.05, 4.69) is 4.74 Å². The number of rotatable bonds is 5. The predicted octanol–water partition coefficient (Wildman–Crippen LogP) is 2.35. The van der Waals surface area contributed by atoms with E-state index < -0.39 is 17.9 Å². The SMILES string of the molecule is COCC(C(=O)OC)N(F)C(=O)c1cccc2ccccc12. The number of ether oxygens (including phenoxy) is 2. The Morgan fingerprint density at radius 3 is 2.50 bits per heavy atom. The van der Waals surface area contributed by atoms with E-state index in [0.717, 1.165) is 12.5 Å². The van der Waals surface area contributed by atoms with Crippen LogP contribution in [0.5, 0.6) is 0 Å². The minimum Gasteiger partial charge on any atom is -0.467 e. The lowest BCUT2D eigenvalue weighted by atomic mass is 10.0. The molecule has 2 rings (SSSR count). The van der Waals surface area contributed by atoms with Crippen molar-refractivity contribution in [1.29, 1.82) is 0 Å². The summed E-state index contributed by atoms with van der Waals surface area (Å²) in [6.45, 7) is -0.292. The van der Waals surface area contributed by atoms with Gasteiger partial charge in [-0.25, -0.2) is 4.79 Å². The molecule has 2 aromatic carbocycles. The molecule has 2 aromatic rings. The number of esters is 1. The van der Waals surface area contributed by atoms with Gasteiger partial charge in [-0.3, -0.25) is 4.79 Å². The van der Waals surface area contributed by atoms with Crippen molar-refractivity contribution in [3.63, 3.8) is 0 Å². The van der Waals surface area contributed by atoms with E-state index in [9.17, 15) is 14.1 Å². The zero-order valence-corrected chi connectivity index (χ0v) is 12.3. The van der Waals surface area contributed by atoms with Crippen LogP contribution in [0.15, 0.2) is 42.5 Å². The average molecular weight is 305 g/mol. The largest absolute Gasteiger partial charge is 0.467 e. The number of halogens is 1. The lowest BCUT2D eigenvalue weighted by molar-refractivity contribution is -0.154. The second-order valence-corrected chi connectivity index (χ2v) is 4.64. The summed E-state index contributed by atoms with van der Waals surface area (Å²) in [5.41, 5.74) is 0.172. The topological polar surface area (TPSA) is 55.8 Å². The highest BCUT2D eigenvalue weighted by molar-refractivity contribution is 6.07. The first-order chi connectivity index (χ1) is 10.6. The number of carbonyl (C=O) groups is 2. The van der Waals surface area contributed by atoms with Gasteiger partial charge in [0.25, 0.3) is 5.91 Å². The zero-order chi connectivity index (χ0) is 16.1. The summed E-state index contributed by atoms with van der Waals surface area (Å²) in [5.74, 6) is -1.79. The van der Waals surface area contributed by atoms with E-state index in [1.54, 1.807) is 18.2 Å². The summed E-state index contributed by atoms with van der Waals surface area (Å²) in [6.07, 6.45) is 0. The quantitative estimate of drug-likeness (QED) is 0.628. The maximum atomic E-state index is 14.4. The van der Waals surface area contributed by atoms with Crippen molar-refractivity contribution in [3.8, 4) is 0 Å². The second-order valence-electron chi connectivity index (χ2n) is 4.64. The number of benzene rings is 2. The molecular formula is C16H16FNO4. The van der Waals surface area contributed by atoms with Gasteiger partial charge >= 0.3 is 5.97 Å². The Kier molecular flexibility index (Phi) is 5.06.